The van der Waals surface area contributed by atoms with Gasteiger partial charge in [-0.3, -0.25) is 14.8 Å². The van der Waals surface area contributed by atoms with Crippen LogP contribution in [0, 0.1) is 0 Å². The maximum absolute atomic E-state index is 12.3. The van der Waals surface area contributed by atoms with E-state index in [2.05, 4.69) is 44.6 Å². The van der Waals surface area contributed by atoms with Gasteiger partial charge in [-0.2, -0.15) is 0 Å². The van der Waals surface area contributed by atoms with Crippen molar-refractivity contribution in [2.75, 3.05) is 52.9 Å². The molecule has 3 aliphatic rings. The van der Waals surface area contributed by atoms with Crippen LogP contribution >= 0.6 is 0 Å². The number of amides is 1. The van der Waals surface area contributed by atoms with Gasteiger partial charge in [0.2, 0.25) is 0 Å². The Balaban J connectivity index is 1.85. The van der Waals surface area contributed by atoms with E-state index in [0.717, 1.165) is 45.0 Å². The Kier molecular flexibility index (Phi) is 7.95. The van der Waals surface area contributed by atoms with Gasteiger partial charge in [0.15, 0.2) is 5.96 Å². The van der Waals surface area contributed by atoms with Gasteiger partial charge >= 0.3 is 6.09 Å². The molecule has 3 saturated heterocycles. The molecule has 8 heteroatoms. The fourth-order valence-electron chi connectivity index (χ4n) is 3.85. The van der Waals surface area contributed by atoms with E-state index >= 15 is 0 Å². The first-order valence-corrected chi connectivity index (χ1v) is 10.6. The first kappa shape index (κ1) is 22.7. The third-order valence-corrected chi connectivity index (χ3v) is 5.83. The molecule has 3 heterocycles. The number of alkyl carbamates (subject to hydrolysis) is 1. The Morgan fingerprint density at radius 1 is 1.11 bits per heavy atom. The van der Waals surface area contributed by atoms with Gasteiger partial charge in [0, 0.05) is 58.9 Å². The van der Waals surface area contributed by atoms with Gasteiger partial charge in [-0.25, -0.2) is 4.79 Å². The van der Waals surface area contributed by atoms with Crippen molar-refractivity contribution in [3.8, 4) is 0 Å². The fourth-order valence-corrected chi connectivity index (χ4v) is 3.85. The molecule has 3 rings (SSSR count). The van der Waals surface area contributed by atoms with Crippen LogP contribution in [0.2, 0.25) is 0 Å². The number of nitrogens with one attached hydrogen (secondary N) is 3. The predicted octanol–water partition coefficient (Wildman–Crippen LogP) is 1.23. The molecule has 0 aromatic rings. The molecule has 1 atom stereocenters. The van der Waals surface area contributed by atoms with Crippen molar-refractivity contribution in [2.45, 2.75) is 64.6 Å². The molecule has 0 aliphatic carbocycles. The maximum atomic E-state index is 12.3. The summed E-state index contributed by atoms with van der Waals surface area (Å²) in [5.41, 5.74) is -0.883. The van der Waals surface area contributed by atoms with E-state index in [1.165, 1.54) is 13.1 Å². The van der Waals surface area contributed by atoms with Gasteiger partial charge in [0.1, 0.15) is 5.60 Å². The minimum atomic E-state index is -0.507. The molecule has 3 aliphatic heterocycles. The molecule has 3 N–H and O–H groups in total. The Hall–Kier alpha value is -1.54. The number of carbonyl (C=O) groups excluding carboxylic acids is 1. The second-order valence-electron chi connectivity index (χ2n) is 8.91. The summed E-state index contributed by atoms with van der Waals surface area (Å²) in [6.45, 7) is 17.1. The van der Waals surface area contributed by atoms with Crippen LogP contribution in [0.5, 0.6) is 0 Å². The molecule has 0 radical (unpaired) electrons. The van der Waals surface area contributed by atoms with Crippen molar-refractivity contribution < 1.29 is 9.53 Å². The normalized spacial score (nSPS) is 25.4. The highest BCUT2D eigenvalue weighted by atomic mass is 16.6. The summed E-state index contributed by atoms with van der Waals surface area (Å²) in [7, 11) is 1.78. The maximum Gasteiger partial charge on any atom is 0.408 e. The molecule has 3 fully saturated rings. The number of fused-ring (bicyclic) bond motifs is 3. The van der Waals surface area contributed by atoms with Crippen molar-refractivity contribution >= 4 is 12.1 Å². The molecule has 1 amide bonds. The van der Waals surface area contributed by atoms with Gasteiger partial charge < -0.3 is 20.7 Å². The Morgan fingerprint density at radius 2 is 1.75 bits per heavy atom. The lowest BCUT2D eigenvalue weighted by molar-refractivity contribution is 0.0154. The quantitative estimate of drug-likeness (QED) is 0.444. The number of hydrogen-bond acceptors (Lipinski definition) is 5. The average molecular weight is 397 g/mol. The average Bonchev–Trinajstić information content (AvgIpc) is 2.66. The standard InChI is InChI=1S/C20H40N6O2/c1-7-20(8-2,24-18(27)28-19(3,4)5)15-23-17(21-6)22-13-16-14-25-9-11-26(16)12-10-25/h16H,7-15H2,1-6H3,(H,24,27)(H2,21,22,23). The summed E-state index contributed by atoms with van der Waals surface area (Å²) in [6, 6.07) is 0.531. The Morgan fingerprint density at radius 3 is 2.21 bits per heavy atom. The van der Waals surface area contributed by atoms with Gasteiger partial charge in [-0.1, -0.05) is 13.8 Å². The molecular formula is C20H40N6O2. The van der Waals surface area contributed by atoms with E-state index < -0.39 is 5.60 Å². The van der Waals surface area contributed by atoms with Crippen molar-refractivity contribution in [1.29, 1.82) is 0 Å². The Labute approximate surface area is 170 Å². The summed E-state index contributed by atoms with van der Waals surface area (Å²) in [5, 5.41) is 9.94. The summed E-state index contributed by atoms with van der Waals surface area (Å²) in [6.07, 6.45) is 1.23. The van der Waals surface area contributed by atoms with Crippen molar-refractivity contribution in [3.05, 3.63) is 0 Å². The first-order valence-electron chi connectivity index (χ1n) is 10.6. The van der Waals surface area contributed by atoms with Crippen LogP contribution in [-0.4, -0.2) is 91.9 Å². The number of guanidine groups is 1. The molecule has 28 heavy (non-hydrogen) atoms. The second-order valence-corrected chi connectivity index (χ2v) is 8.91. The van der Waals surface area contributed by atoms with Crippen LogP contribution in [0.3, 0.4) is 0 Å². The number of nitrogens with zero attached hydrogens (tertiary/aromatic N) is 3. The van der Waals surface area contributed by atoms with Crippen LogP contribution in [0.25, 0.3) is 0 Å². The molecule has 0 spiro atoms. The summed E-state index contributed by atoms with van der Waals surface area (Å²) < 4.78 is 5.45. The molecule has 1 unspecified atom stereocenters. The minimum absolute atomic E-state index is 0.374. The van der Waals surface area contributed by atoms with Crippen molar-refractivity contribution in [1.82, 2.24) is 25.8 Å². The third-order valence-electron chi connectivity index (χ3n) is 5.83. The summed E-state index contributed by atoms with van der Waals surface area (Å²) >= 11 is 0. The highest BCUT2D eigenvalue weighted by Crippen LogP contribution is 2.17. The number of aliphatic imine (C=N–C) groups is 1. The SMILES string of the molecule is CCC(CC)(CNC(=NC)NCC1CN2CCN1CC2)NC(=O)OC(C)(C)C. The molecule has 2 bridgehead atoms. The van der Waals surface area contributed by atoms with Crippen molar-refractivity contribution in [3.63, 3.8) is 0 Å². The molecular weight excluding hydrogens is 356 g/mol. The van der Waals surface area contributed by atoms with Crippen LogP contribution in [-0.2, 0) is 4.74 Å². The molecule has 8 nitrogen and oxygen atoms in total. The number of piperazine rings is 3. The largest absolute Gasteiger partial charge is 0.444 e. The zero-order valence-electron chi connectivity index (χ0n) is 18.6. The van der Waals surface area contributed by atoms with Gasteiger partial charge in [-0.15, -0.1) is 0 Å². The lowest BCUT2D eigenvalue weighted by atomic mass is 9.93. The van der Waals surface area contributed by atoms with Gasteiger partial charge in [0.05, 0.1) is 5.54 Å². The van der Waals surface area contributed by atoms with E-state index in [9.17, 15) is 4.79 Å². The van der Waals surface area contributed by atoms with E-state index in [1.54, 1.807) is 7.05 Å². The highest BCUT2D eigenvalue weighted by Gasteiger charge is 2.33. The third kappa shape index (κ3) is 6.51. The molecule has 162 valence electrons. The fraction of sp³-hybridized carbons (Fsp3) is 0.900. The predicted molar refractivity (Wildman–Crippen MR) is 114 cm³/mol. The number of carbonyl (C=O) groups is 1. The van der Waals surface area contributed by atoms with Gasteiger partial charge in [-0.05, 0) is 33.6 Å². The topological polar surface area (TPSA) is 81.2 Å². The van der Waals surface area contributed by atoms with Crippen LogP contribution in [0.1, 0.15) is 47.5 Å². The number of ether oxygens (including phenoxy) is 1. The van der Waals surface area contributed by atoms with Crippen LogP contribution in [0.4, 0.5) is 4.79 Å². The highest BCUT2D eigenvalue weighted by molar-refractivity contribution is 5.80. The number of rotatable bonds is 7. The summed E-state index contributed by atoms with van der Waals surface area (Å²) in [4.78, 5) is 21.8. The number of hydrogen-bond donors (Lipinski definition) is 3. The first-order chi connectivity index (χ1) is 13.2. The van der Waals surface area contributed by atoms with Gasteiger partial charge in [0.25, 0.3) is 0 Å². The van der Waals surface area contributed by atoms with E-state index in [1.807, 2.05) is 20.8 Å². The van der Waals surface area contributed by atoms with Crippen LogP contribution in [0.15, 0.2) is 4.99 Å². The minimum Gasteiger partial charge on any atom is -0.444 e. The molecule has 0 saturated carbocycles. The van der Waals surface area contributed by atoms with Crippen molar-refractivity contribution in [2.24, 2.45) is 4.99 Å². The molecule has 0 aromatic heterocycles. The van der Waals surface area contributed by atoms with Crippen LogP contribution < -0.4 is 16.0 Å². The smallest absolute Gasteiger partial charge is 0.408 e. The Bertz CT molecular complexity index is 533. The summed E-state index contributed by atoms with van der Waals surface area (Å²) in [5.74, 6) is 0.773. The lowest BCUT2D eigenvalue weighted by Gasteiger charge is -2.47. The second kappa shape index (κ2) is 9.78. The van der Waals surface area contributed by atoms with E-state index in [0.29, 0.717) is 12.6 Å². The monoisotopic (exact) mass is 396 g/mol. The van der Waals surface area contributed by atoms with E-state index in [-0.39, 0.29) is 11.6 Å². The zero-order chi connectivity index (χ0) is 20.8. The zero-order valence-corrected chi connectivity index (χ0v) is 18.6. The van der Waals surface area contributed by atoms with E-state index in [4.69, 9.17) is 4.74 Å². The lowest BCUT2D eigenvalue weighted by Crippen LogP contribution is -2.64. The molecule has 0 aromatic carbocycles.